The minimum Gasteiger partial charge on any atom is -0.495 e. The highest BCUT2D eigenvalue weighted by Gasteiger charge is 2.55. The monoisotopic (exact) mass is 1760 g/mol. The van der Waals surface area contributed by atoms with E-state index in [2.05, 4.69) is 46.8 Å². The fourth-order valence-corrected chi connectivity index (χ4v) is 23.3. The highest BCUT2D eigenvalue weighted by Crippen LogP contribution is 2.58. The quantitative estimate of drug-likeness (QED) is 0.0168. The van der Waals surface area contributed by atoms with Gasteiger partial charge in [0.1, 0.15) is 63.2 Å². The molecule has 5 aromatic heterocycles. The number of benzene rings is 5. The van der Waals surface area contributed by atoms with Crippen molar-refractivity contribution < 1.29 is 71.4 Å². The number of carbonyl (C=O) groups is 5. The summed E-state index contributed by atoms with van der Waals surface area (Å²) in [6, 6.07) is 26.0. The molecule has 0 unspecified atom stereocenters. The average Bonchev–Trinajstić information content (AvgIpc) is 0.746. The first-order chi connectivity index (χ1) is 59.9. The van der Waals surface area contributed by atoms with Crippen molar-refractivity contribution in [2.75, 3.05) is 80.6 Å². The van der Waals surface area contributed by atoms with Crippen LogP contribution in [-0.4, -0.2) is 156 Å². The van der Waals surface area contributed by atoms with Gasteiger partial charge in [-0.25, -0.2) is 14.0 Å². The first-order valence-corrected chi connectivity index (χ1v) is 44.2. The molecule has 0 aliphatic heterocycles. The van der Waals surface area contributed by atoms with Gasteiger partial charge >= 0.3 is 11.9 Å². The molecule has 27 nitrogen and oxygen atoms in total. The van der Waals surface area contributed by atoms with Gasteiger partial charge in [0.25, 0.3) is 17.7 Å². The number of nitrogens with zero attached hydrogens (tertiary/aromatic N) is 2. The number of pyridine rings is 5. The Morgan fingerprint density at radius 1 is 0.411 bits per heavy atom. The molecule has 0 saturated heterocycles. The van der Waals surface area contributed by atoms with Crippen LogP contribution in [0.5, 0.6) is 28.7 Å². The number of alkyl halides is 2. The zero-order valence-electron chi connectivity index (χ0n) is 70.8. The number of aromatic carboxylic acids is 1. The number of esters is 1. The second-order valence-corrected chi connectivity index (χ2v) is 36.0. The van der Waals surface area contributed by atoms with Gasteiger partial charge in [-0.3, -0.25) is 38.4 Å². The van der Waals surface area contributed by atoms with E-state index >= 15 is 0 Å². The molecule has 3 amide bonds. The van der Waals surface area contributed by atoms with Crippen LogP contribution in [0.2, 0.25) is 0 Å². The number of hydrogen-bond donors (Lipinski definition) is 7. The number of nitrogens with one attached hydrogen (secondary N) is 6. The van der Waals surface area contributed by atoms with Crippen LogP contribution in [0.3, 0.4) is 0 Å². The number of fused-ring (bicyclic) bond motifs is 5. The van der Waals surface area contributed by atoms with Crippen LogP contribution in [0.4, 0.5) is 4.39 Å². The standard InChI is InChI=1S/C25H31BrN2O4.C25H31FN2O4.C21H24N2O3.C13H13NO4.C11H9NO4/c2*1-31-21-4-2-3-19-22(21)28(6-8-32-7-5-26)15-20(23(19)29)24(30)27-25-12-16-9-17(13-25)11-18(10-16)14-25;1-26-17-4-2-3-15-18(17)22-11-16(19(15)24)20(25)23-21-8-12-5-13(9-21)7-14(6-12)10-21;1-3-18-13(16)9-7-14-11-8(12(9)15)5-4-6-10(11)17-2;1-16-8-4-2-3-6-9(8)12-5-7(10(6)13)11(14)15/h2*2-4,15-18H,5-14H2,1H3,(H,27,30);2-4,11-14H,5-10H2,1H3,(H,22,24)(H,23,25);4-7H,3H2,1-2H3,(H,14,15);2-5H,1H3,(H,12,13)(H,14,15). The third kappa shape index (κ3) is 18.2. The maximum atomic E-state index is 13.5. The molecule has 0 radical (unpaired) electrons. The zero-order chi connectivity index (χ0) is 87.3. The number of hydrogen-bond acceptors (Lipinski definition) is 18. The summed E-state index contributed by atoms with van der Waals surface area (Å²) in [4.78, 5) is 135. The van der Waals surface area contributed by atoms with Crippen LogP contribution in [0, 0.1) is 53.3 Å². The molecule has 10 aromatic rings. The molecule has 124 heavy (non-hydrogen) atoms. The van der Waals surface area contributed by atoms with Crippen LogP contribution in [0.1, 0.15) is 174 Å². The van der Waals surface area contributed by atoms with E-state index in [1.165, 1.54) is 90.6 Å². The van der Waals surface area contributed by atoms with Crippen molar-refractivity contribution in [3.63, 3.8) is 0 Å². The van der Waals surface area contributed by atoms with Crippen molar-refractivity contribution in [3.05, 3.63) is 201 Å². The average molecular weight is 1760 g/mol. The van der Waals surface area contributed by atoms with Crippen LogP contribution >= 0.6 is 15.9 Å². The Morgan fingerprint density at radius 3 is 1.02 bits per heavy atom. The normalized spacial score (nSPS) is 24.1. The molecule has 12 aliphatic carbocycles. The Bertz CT molecular complexity index is 5760. The van der Waals surface area contributed by atoms with Gasteiger partial charge in [-0.1, -0.05) is 46.3 Å². The van der Waals surface area contributed by atoms with Crippen LogP contribution < -0.4 is 66.8 Å². The van der Waals surface area contributed by atoms with Crippen molar-refractivity contribution in [2.24, 2.45) is 53.3 Å². The van der Waals surface area contributed by atoms with Gasteiger partial charge in [-0.15, -0.1) is 0 Å². The van der Waals surface area contributed by atoms with E-state index in [-0.39, 0.29) is 104 Å². The summed E-state index contributed by atoms with van der Waals surface area (Å²) in [6.07, 6.45) is 28.6. The number of carbonyl (C=O) groups excluding carboxylic acids is 4. The van der Waals surface area contributed by atoms with Crippen molar-refractivity contribution in [1.82, 2.24) is 40.0 Å². The molecule has 12 fully saturated rings. The van der Waals surface area contributed by atoms with E-state index in [4.69, 9.17) is 43.0 Å². The Hall–Kier alpha value is -11.2. The lowest BCUT2D eigenvalue weighted by molar-refractivity contribution is -0.0171. The number of ether oxygens (including phenoxy) is 8. The van der Waals surface area contributed by atoms with Crippen molar-refractivity contribution >= 4 is 100 Å². The second-order valence-electron chi connectivity index (χ2n) is 35.2. The molecule has 29 heteroatoms. The largest absolute Gasteiger partial charge is 0.495 e. The minimum atomic E-state index is -1.24. The van der Waals surface area contributed by atoms with Gasteiger partial charge < -0.3 is 83.0 Å². The van der Waals surface area contributed by atoms with Crippen LogP contribution in [0.15, 0.2) is 146 Å². The van der Waals surface area contributed by atoms with Gasteiger partial charge in [-0.05, 0) is 236 Å². The molecule has 12 aliphatic rings. The van der Waals surface area contributed by atoms with Gasteiger partial charge in [0.15, 0.2) is 0 Å². The lowest BCUT2D eigenvalue weighted by Crippen LogP contribution is -2.60. The molecule has 0 spiro atoms. The summed E-state index contributed by atoms with van der Waals surface area (Å²) in [5, 5.41) is 21.7. The first kappa shape index (κ1) is 87.7. The van der Waals surface area contributed by atoms with E-state index in [1.54, 1.807) is 126 Å². The number of carboxylic acid groups (broad SMARTS) is 1. The fourth-order valence-electron chi connectivity index (χ4n) is 23.1. The number of rotatable bonds is 24. The van der Waals surface area contributed by atoms with Gasteiger partial charge in [0, 0.05) is 66.0 Å². The Balaban J connectivity index is 0.000000123. The third-order valence-electron chi connectivity index (χ3n) is 27.0. The van der Waals surface area contributed by atoms with E-state index in [1.807, 2.05) is 15.2 Å². The minimum absolute atomic E-state index is 0.00222. The highest BCUT2D eigenvalue weighted by molar-refractivity contribution is 9.09. The highest BCUT2D eigenvalue weighted by atomic mass is 79.9. The molecule has 5 aromatic carbocycles. The Morgan fingerprint density at radius 2 is 0.702 bits per heavy atom. The summed E-state index contributed by atoms with van der Waals surface area (Å²) in [5.74, 6) is 6.74. The number of halogens is 2. The molecule has 12 bridgehead atoms. The molecule has 656 valence electrons. The number of aromatic nitrogens is 5. The number of methoxy groups -OCH3 is 5. The van der Waals surface area contributed by atoms with E-state index < -0.39 is 24.0 Å². The number of carboxylic acids is 1. The summed E-state index contributed by atoms with van der Waals surface area (Å²) in [6.45, 7) is 3.67. The van der Waals surface area contributed by atoms with Crippen molar-refractivity contribution in [3.8, 4) is 28.7 Å². The number of para-hydroxylation sites is 5. The molecular formula is C95H108BrFN8O19. The van der Waals surface area contributed by atoms with Crippen LogP contribution in [-0.2, 0) is 27.3 Å². The van der Waals surface area contributed by atoms with Gasteiger partial charge in [0.2, 0.25) is 27.1 Å². The molecule has 22 rings (SSSR count). The van der Waals surface area contributed by atoms with Gasteiger partial charge in [-0.2, -0.15) is 0 Å². The van der Waals surface area contributed by atoms with E-state index in [9.17, 15) is 52.3 Å². The maximum Gasteiger partial charge on any atom is 0.343 e. The van der Waals surface area contributed by atoms with Crippen molar-refractivity contribution in [1.29, 1.82) is 0 Å². The van der Waals surface area contributed by atoms with E-state index in [0.29, 0.717) is 127 Å². The Kier molecular flexibility index (Phi) is 26.7. The molecular weight excluding hydrogens is 1660 g/mol. The predicted molar refractivity (Wildman–Crippen MR) is 472 cm³/mol. The second kappa shape index (κ2) is 37.7. The van der Waals surface area contributed by atoms with E-state index in [0.717, 1.165) is 98.6 Å². The molecule has 12 saturated carbocycles. The summed E-state index contributed by atoms with van der Waals surface area (Å²) in [5.41, 5.74) is 1.26. The zero-order valence-corrected chi connectivity index (χ0v) is 72.4. The predicted octanol–water partition coefficient (Wildman–Crippen LogP) is 14.0. The van der Waals surface area contributed by atoms with Gasteiger partial charge in [0.05, 0.1) is 123 Å². The summed E-state index contributed by atoms with van der Waals surface area (Å²) < 4.78 is 58.5. The molecule has 7 N–H and O–H groups in total. The number of aromatic amines is 3. The summed E-state index contributed by atoms with van der Waals surface area (Å²) >= 11 is 3.37. The third-order valence-corrected chi connectivity index (χ3v) is 27.3. The first-order valence-electron chi connectivity index (χ1n) is 43.0. The smallest absolute Gasteiger partial charge is 0.343 e. The molecule has 0 atom stereocenters. The topological polar surface area (TPSA) is 358 Å². The Labute approximate surface area is 723 Å². The number of amides is 3. The summed E-state index contributed by atoms with van der Waals surface area (Å²) in [7, 11) is 7.72. The molecule has 5 heterocycles. The fraction of sp³-hybridized carbons (Fsp3) is 0.474. The SMILES string of the molecule is CCOC(=O)c1c[nH]c2c(OC)cccc2c1=O.COc1cccc2c(=O)c(C(=O)NC34CC5CC(CC(C5)C3)C4)c[nH]c12.COc1cccc2c(=O)c(C(=O)NC34CC5CC(CC(C5)C3)C4)cn(CCOCCBr)c12.COc1cccc2c(=O)c(C(=O)NC34CC5CC(CC(C5)C3)C4)cn(CCOCCF)c12.COc1cccc2c(=O)c(C(=O)O)c[nH]c12. The van der Waals surface area contributed by atoms with Crippen LogP contribution in [0.25, 0.3) is 54.5 Å². The lowest BCUT2D eigenvalue weighted by Gasteiger charge is -2.56. The lowest BCUT2D eigenvalue weighted by atomic mass is 9.53. The number of H-pyrrole nitrogens is 3. The maximum absolute atomic E-state index is 13.5. The van der Waals surface area contributed by atoms with Crippen molar-refractivity contribution in [2.45, 2.75) is 152 Å².